The van der Waals surface area contributed by atoms with Crippen LogP contribution in [-0.2, 0) is 0 Å². The average molecular weight is 403 g/mol. The van der Waals surface area contributed by atoms with Crippen molar-refractivity contribution in [2.75, 3.05) is 0 Å². The minimum Gasteiger partial charge on any atom is -0.472 e. The summed E-state index contributed by atoms with van der Waals surface area (Å²) in [6.45, 7) is 10.7. The van der Waals surface area contributed by atoms with Gasteiger partial charge in [-0.1, -0.05) is 0 Å². The van der Waals surface area contributed by atoms with E-state index in [0.29, 0.717) is 30.0 Å². The van der Waals surface area contributed by atoms with Crippen LogP contribution in [0.2, 0.25) is 0 Å². The van der Waals surface area contributed by atoms with E-state index in [-0.39, 0.29) is 22.8 Å². The van der Waals surface area contributed by atoms with Crippen LogP contribution in [0.3, 0.4) is 0 Å². The van der Waals surface area contributed by atoms with Gasteiger partial charge in [-0.3, -0.25) is 9.20 Å². The van der Waals surface area contributed by atoms with E-state index in [9.17, 15) is 18.0 Å². The maximum Gasteiger partial charge on any atom is 0.408 e. The molecule has 0 aromatic carbocycles. The average Bonchev–Trinajstić information content (AvgIpc) is 3.26. The Hall–Kier alpha value is -3.35. The van der Waals surface area contributed by atoms with Gasteiger partial charge >= 0.3 is 6.18 Å². The lowest BCUT2D eigenvalue weighted by Gasteiger charge is -2.20. The van der Waals surface area contributed by atoms with Crippen LogP contribution in [0.5, 0.6) is 0 Å². The van der Waals surface area contributed by atoms with E-state index in [0.717, 1.165) is 0 Å². The van der Waals surface area contributed by atoms with Crippen molar-refractivity contribution in [3.63, 3.8) is 0 Å². The van der Waals surface area contributed by atoms with Gasteiger partial charge in [-0.25, -0.2) is 14.8 Å². The topological polar surface area (TPSA) is 76.8 Å². The zero-order valence-electron chi connectivity index (χ0n) is 15.5. The van der Waals surface area contributed by atoms with Crippen LogP contribution < -0.4 is 5.32 Å². The number of nitrogens with zero attached hydrogens (tertiary/aromatic N) is 4. The molecular formula is C19H16F3N5O2. The summed E-state index contributed by atoms with van der Waals surface area (Å²) in [5.41, 5.74) is 1.08. The largest absolute Gasteiger partial charge is 0.472 e. The zero-order valence-corrected chi connectivity index (χ0v) is 15.5. The molecule has 1 aliphatic carbocycles. The number of furan rings is 1. The van der Waals surface area contributed by atoms with Crippen LogP contribution in [0.25, 0.3) is 21.9 Å². The summed E-state index contributed by atoms with van der Waals surface area (Å²) in [4.78, 5) is 24.3. The number of hydrogen-bond donors (Lipinski definition) is 1. The third-order valence-electron chi connectivity index (χ3n) is 4.83. The Bertz CT molecular complexity index is 1150. The smallest absolute Gasteiger partial charge is 0.408 e. The molecule has 3 heterocycles. The number of imidazole rings is 1. The van der Waals surface area contributed by atoms with Gasteiger partial charge in [0, 0.05) is 5.69 Å². The molecule has 7 nitrogen and oxygen atoms in total. The fourth-order valence-electron chi connectivity index (χ4n) is 3.27. The Balaban J connectivity index is 1.75. The second-order valence-corrected chi connectivity index (χ2v) is 7.08. The molecule has 150 valence electrons. The number of aromatic nitrogens is 3. The van der Waals surface area contributed by atoms with Gasteiger partial charge in [0.2, 0.25) is 5.69 Å². The van der Waals surface area contributed by atoms with Crippen molar-refractivity contribution in [3.05, 3.63) is 47.0 Å². The first-order valence-corrected chi connectivity index (χ1v) is 8.89. The van der Waals surface area contributed by atoms with E-state index in [2.05, 4.69) is 20.1 Å². The molecule has 0 radical (unpaired) electrons. The van der Waals surface area contributed by atoms with Crippen LogP contribution in [0.4, 0.5) is 18.9 Å². The lowest BCUT2D eigenvalue weighted by atomic mass is 10.1. The molecule has 0 aliphatic heterocycles. The molecule has 3 aromatic rings. The molecule has 0 bridgehead atoms. The first-order valence-electron chi connectivity index (χ1n) is 8.89. The van der Waals surface area contributed by atoms with Crippen molar-refractivity contribution < 1.29 is 22.4 Å². The molecule has 0 unspecified atom stereocenters. The monoisotopic (exact) mass is 403 g/mol. The van der Waals surface area contributed by atoms with Crippen molar-refractivity contribution in [1.29, 1.82) is 0 Å². The Labute approximate surface area is 163 Å². The van der Waals surface area contributed by atoms with Crippen LogP contribution in [0, 0.1) is 26.3 Å². The summed E-state index contributed by atoms with van der Waals surface area (Å²) in [6.07, 6.45) is -2.35. The maximum absolute atomic E-state index is 13.3. The van der Waals surface area contributed by atoms with Gasteiger partial charge in [-0.15, -0.1) is 0 Å². The van der Waals surface area contributed by atoms with E-state index in [4.69, 9.17) is 11.0 Å². The first-order chi connectivity index (χ1) is 13.7. The maximum atomic E-state index is 13.3. The van der Waals surface area contributed by atoms with E-state index in [1.54, 1.807) is 26.0 Å². The van der Waals surface area contributed by atoms with E-state index in [1.807, 2.05) is 0 Å². The summed E-state index contributed by atoms with van der Waals surface area (Å²) in [6, 6.07) is 1.32. The molecule has 1 fully saturated rings. The van der Waals surface area contributed by atoms with Gasteiger partial charge in [0.05, 0.1) is 18.0 Å². The molecule has 1 aliphatic rings. The fraction of sp³-hybridized carbons (Fsp3) is 0.368. The van der Waals surface area contributed by atoms with E-state index in [1.165, 1.54) is 10.7 Å². The summed E-state index contributed by atoms with van der Waals surface area (Å²) < 4.78 is 46.9. The number of carbonyl (C=O) groups is 1. The predicted molar refractivity (Wildman–Crippen MR) is 96.5 cm³/mol. The summed E-state index contributed by atoms with van der Waals surface area (Å²) in [5.74, 6) is -0.784. The number of carbonyl (C=O) groups excluding carboxylic acids is 1. The minimum absolute atomic E-state index is 0.0965. The zero-order chi connectivity index (χ0) is 20.9. The molecule has 1 saturated carbocycles. The number of aryl methyl sites for hydroxylation is 2. The second kappa shape index (κ2) is 6.62. The molecule has 29 heavy (non-hydrogen) atoms. The SMILES string of the molecule is [C-]#[N+]c1cc(C)oc1-c1cc(C)n2cnc(C(=O)N[C@H](C3CC3)C(F)(F)F)c2n1. The van der Waals surface area contributed by atoms with Gasteiger partial charge in [-0.05, 0) is 44.7 Å². The van der Waals surface area contributed by atoms with Gasteiger partial charge in [0.25, 0.3) is 5.91 Å². The first kappa shape index (κ1) is 19.0. The highest BCUT2D eigenvalue weighted by Crippen LogP contribution is 2.40. The number of fused-ring (bicyclic) bond motifs is 1. The molecule has 1 amide bonds. The van der Waals surface area contributed by atoms with Crippen LogP contribution in [0.15, 0.2) is 22.9 Å². The van der Waals surface area contributed by atoms with Crippen molar-refractivity contribution in [3.8, 4) is 11.5 Å². The Morgan fingerprint density at radius 1 is 1.38 bits per heavy atom. The van der Waals surface area contributed by atoms with Gasteiger partial charge in [-0.2, -0.15) is 13.2 Å². The summed E-state index contributed by atoms with van der Waals surface area (Å²) in [5, 5.41) is 2.07. The fourth-order valence-corrected chi connectivity index (χ4v) is 3.27. The third kappa shape index (κ3) is 3.44. The van der Waals surface area contributed by atoms with Crippen molar-refractivity contribution in [2.24, 2.45) is 5.92 Å². The van der Waals surface area contributed by atoms with Gasteiger partial charge in [0.15, 0.2) is 17.1 Å². The molecule has 1 N–H and O–H groups in total. The molecule has 4 rings (SSSR count). The normalized spacial score (nSPS) is 15.3. The molecule has 10 heteroatoms. The highest BCUT2D eigenvalue weighted by Gasteiger charge is 2.50. The lowest BCUT2D eigenvalue weighted by Crippen LogP contribution is -2.47. The van der Waals surface area contributed by atoms with Crippen LogP contribution in [-0.4, -0.2) is 32.5 Å². The quantitative estimate of drug-likeness (QED) is 0.662. The van der Waals surface area contributed by atoms with Crippen LogP contribution in [0.1, 0.15) is 34.8 Å². The highest BCUT2D eigenvalue weighted by atomic mass is 19.4. The Kier molecular flexibility index (Phi) is 4.33. The number of hydrogen-bond acceptors (Lipinski definition) is 4. The van der Waals surface area contributed by atoms with Crippen molar-refractivity contribution >= 4 is 17.2 Å². The van der Waals surface area contributed by atoms with E-state index < -0.39 is 24.0 Å². The number of amides is 1. The number of halogens is 3. The molecular weight excluding hydrogens is 387 g/mol. The summed E-state index contributed by atoms with van der Waals surface area (Å²) in [7, 11) is 0. The summed E-state index contributed by atoms with van der Waals surface area (Å²) >= 11 is 0. The van der Waals surface area contributed by atoms with Gasteiger partial charge < -0.3 is 9.73 Å². The minimum atomic E-state index is -4.53. The third-order valence-corrected chi connectivity index (χ3v) is 4.83. The molecule has 0 saturated heterocycles. The number of nitrogens with one attached hydrogen (secondary N) is 1. The second-order valence-electron chi connectivity index (χ2n) is 7.08. The number of alkyl halides is 3. The lowest BCUT2D eigenvalue weighted by molar-refractivity contribution is -0.158. The van der Waals surface area contributed by atoms with Crippen molar-refractivity contribution in [2.45, 2.75) is 38.9 Å². The van der Waals surface area contributed by atoms with Gasteiger partial charge in [0.1, 0.15) is 12.4 Å². The highest BCUT2D eigenvalue weighted by molar-refractivity contribution is 5.98. The number of rotatable bonds is 4. The Morgan fingerprint density at radius 2 is 2.10 bits per heavy atom. The predicted octanol–water partition coefficient (Wildman–Crippen LogP) is 4.23. The van der Waals surface area contributed by atoms with Crippen molar-refractivity contribution in [1.82, 2.24) is 19.7 Å². The molecule has 0 spiro atoms. The Morgan fingerprint density at radius 3 is 2.72 bits per heavy atom. The van der Waals surface area contributed by atoms with Crippen LogP contribution >= 0.6 is 0 Å². The standard InChI is InChI=1S/C19H16F3N5O2/c1-9-6-13(15-12(23-3)7-10(2)29-15)25-17-14(24-8-27(9)17)18(28)26-16(11-4-5-11)19(20,21)22/h6-8,11,16H,4-5H2,1-2H3,(H,26,28)/t16-/m1/s1. The molecule has 1 atom stereocenters. The molecule has 3 aromatic heterocycles. The van der Waals surface area contributed by atoms with E-state index >= 15 is 0 Å².